The lowest BCUT2D eigenvalue weighted by Crippen LogP contribution is -2.49. The van der Waals surface area contributed by atoms with Crippen LogP contribution in [0.1, 0.15) is 59.3 Å². The van der Waals surface area contributed by atoms with Gasteiger partial charge >= 0.3 is 0 Å². The summed E-state index contributed by atoms with van der Waals surface area (Å²) in [4.78, 5) is 31.6. The highest BCUT2D eigenvalue weighted by molar-refractivity contribution is 6.03. The Hall–Kier alpha value is -3.43. The van der Waals surface area contributed by atoms with Crippen LogP contribution in [0.25, 0.3) is 10.9 Å². The molecule has 178 valence electrons. The zero-order chi connectivity index (χ0) is 24.4. The Bertz CT molecular complexity index is 1390. The van der Waals surface area contributed by atoms with Crippen molar-refractivity contribution < 1.29 is 27.1 Å². The van der Waals surface area contributed by atoms with Crippen LogP contribution in [0.2, 0.25) is 0 Å². The predicted octanol–water partition coefficient (Wildman–Crippen LogP) is 4.39. The molecule has 2 fully saturated rings. The molecule has 3 N–H and O–H groups in total. The number of nitrogens with zero attached hydrogens (tertiary/aromatic N) is 1. The molecular weight excluding hydrogens is 454 g/mol. The van der Waals surface area contributed by atoms with Crippen LogP contribution in [0.15, 0.2) is 35.3 Å². The zero-order valence-corrected chi connectivity index (χ0v) is 18.1. The van der Waals surface area contributed by atoms with E-state index in [1.165, 1.54) is 31.5 Å². The molecule has 1 amide bonds. The summed E-state index contributed by atoms with van der Waals surface area (Å²) in [5.74, 6) is -7.71. The molecule has 2 saturated carbocycles. The Morgan fingerprint density at radius 3 is 2.53 bits per heavy atom. The number of ether oxygens (including phenoxy) is 1. The van der Waals surface area contributed by atoms with E-state index in [-0.39, 0.29) is 53.6 Å². The van der Waals surface area contributed by atoms with E-state index in [1.807, 2.05) is 0 Å². The highest BCUT2D eigenvalue weighted by Crippen LogP contribution is 2.69. The number of alkyl halides is 2. The summed E-state index contributed by atoms with van der Waals surface area (Å²) in [6.45, 7) is 0. The van der Waals surface area contributed by atoms with Gasteiger partial charge in [0.1, 0.15) is 5.69 Å². The number of methoxy groups -OCH3 is 1. The minimum absolute atomic E-state index is 0.00221. The number of hydrogen-bond acceptors (Lipinski definition) is 4. The van der Waals surface area contributed by atoms with Gasteiger partial charge in [-0.3, -0.25) is 14.6 Å². The highest BCUT2D eigenvalue weighted by Gasteiger charge is 2.66. The molecular formula is C24H21F4N3O3. The Balaban J connectivity index is 1.69. The number of halogens is 4. The van der Waals surface area contributed by atoms with Crippen molar-refractivity contribution in [1.82, 2.24) is 9.97 Å². The van der Waals surface area contributed by atoms with Gasteiger partial charge in [0.2, 0.25) is 5.82 Å². The lowest BCUT2D eigenvalue weighted by molar-refractivity contribution is -0.199. The normalized spacial score (nSPS) is 25.4. The van der Waals surface area contributed by atoms with Crippen molar-refractivity contribution in [3.63, 3.8) is 0 Å². The van der Waals surface area contributed by atoms with Gasteiger partial charge in [0.25, 0.3) is 11.8 Å². The van der Waals surface area contributed by atoms with Gasteiger partial charge in [-0.1, -0.05) is 6.07 Å². The summed E-state index contributed by atoms with van der Waals surface area (Å²) in [7, 11) is 1.19. The van der Waals surface area contributed by atoms with E-state index in [4.69, 9.17) is 10.5 Å². The number of carbonyl (C=O) groups is 1. The summed E-state index contributed by atoms with van der Waals surface area (Å²) in [6, 6.07) is 5.03. The molecule has 3 atom stereocenters. The van der Waals surface area contributed by atoms with E-state index < -0.39 is 46.1 Å². The van der Waals surface area contributed by atoms with Gasteiger partial charge in [0.15, 0.2) is 17.0 Å². The Morgan fingerprint density at radius 2 is 1.91 bits per heavy atom. The second-order valence-electron chi connectivity index (χ2n) is 9.13. The molecule has 0 aliphatic heterocycles. The lowest BCUT2D eigenvalue weighted by Gasteiger charge is -2.47. The number of benzene rings is 1. The quantitative estimate of drug-likeness (QED) is 0.547. The molecule has 0 unspecified atom stereocenters. The molecule has 6 nitrogen and oxygen atoms in total. The molecule has 3 aromatic rings. The summed E-state index contributed by atoms with van der Waals surface area (Å²) in [5.41, 5.74) is 4.19. The maximum atomic E-state index is 14.8. The number of hydrogen-bond donors (Lipinski definition) is 2. The van der Waals surface area contributed by atoms with Crippen LogP contribution in [0.3, 0.4) is 0 Å². The van der Waals surface area contributed by atoms with Crippen LogP contribution in [0, 0.1) is 17.0 Å². The average molecular weight is 475 g/mol. The summed E-state index contributed by atoms with van der Waals surface area (Å²) in [5, 5.41) is 0.00221. The molecule has 0 bridgehead atoms. The maximum Gasteiger partial charge on any atom is 0.268 e. The molecule has 1 aromatic carbocycles. The number of carbonyl (C=O) groups excluding carboxylic acids is 1. The number of rotatable bonds is 4. The Kier molecular flexibility index (Phi) is 4.96. The van der Waals surface area contributed by atoms with Gasteiger partial charge in [0, 0.05) is 41.3 Å². The van der Waals surface area contributed by atoms with Crippen LogP contribution in [-0.2, 0) is 0 Å². The molecule has 1 spiro atoms. The number of fused-ring (bicyclic) bond motifs is 1. The number of H-pyrrole nitrogens is 1. The van der Waals surface area contributed by atoms with Crippen LogP contribution in [0.4, 0.5) is 17.6 Å². The number of aromatic nitrogens is 2. The Labute approximate surface area is 191 Å². The smallest absolute Gasteiger partial charge is 0.268 e. The van der Waals surface area contributed by atoms with Crippen LogP contribution in [0.5, 0.6) is 5.75 Å². The molecule has 34 heavy (non-hydrogen) atoms. The number of aromatic amines is 1. The van der Waals surface area contributed by atoms with E-state index in [1.54, 1.807) is 0 Å². The zero-order valence-electron chi connectivity index (χ0n) is 18.1. The second-order valence-corrected chi connectivity index (χ2v) is 9.13. The minimum atomic E-state index is -2.91. The first-order valence-electron chi connectivity index (χ1n) is 10.8. The van der Waals surface area contributed by atoms with Crippen molar-refractivity contribution in [2.45, 2.75) is 43.4 Å². The van der Waals surface area contributed by atoms with E-state index in [9.17, 15) is 27.2 Å². The van der Waals surface area contributed by atoms with Gasteiger partial charge in [-0.2, -0.15) is 4.39 Å². The van der Waals surface area contributed by atoms with Gasteiger partial charge < -0.3 is 15.5 Å². The third kappa shape index (κ3) is 3.11. The summed E-state index contributed by atoms with van der Waals surface area (Å²) in [6.07, 6.45) is 1.42. The fourth-order valence-electron chi connectivity index (χ4n) is 5.69. The number of pyridine rings is 2. The minimum Gasteiger partial charge on any atom is -0.493 e. The fourth-order valence-corrected chi connectivity index (χ4v) is 5.69. The lowest BCUT2D eigenvalue weighted by atomic mass is 9.63. The number of nitrogens with two attached hydrogens (primary N) is 1. The average Bonchev–Trinajstić information content (AvgIpc) is 3.23. The molecule has 0 saturated heterocycles. The summed E-state index contributed by atoms with van der Waals surface area (Å²) >= 11 is 0. The first kappa shape index (κ1) is 22.4. The topological polar surface area (TPSA) is 98.1 Å². The molecule has 2 aromatic heterocycles. The van der Waals surface area contributed by atoms with Crippen molar-refractivity contribution >= 4 is 16.8 Å². The highest BCUT2D eigenvalue weighted by atomic mass is 19.3. The number of nitrogens with one attached hydrogen (secondary N) is 1. The van der Waals surface area contributed by atoms with E-state index >= 15 is 0 Å². The maximum absolute atomic E-state index is 14.8. The van der Waals surface area contributed by atoms with E-state index in [0.29, 0.717) is 5.69 Å². The van der Waals surface area contributed by atoms with Crippen molar-refractivity contribution in [2.24, 2.45) is 11.1 Å². The first-order chi connectivity index (χ1) is 16.1. The fraction of sp³-hybridized carbons (Fsp3) is 0.375. The number of amides is 1. The van der Waals surface area contributed by atoms with Gasteiger partial charge in [-0.05, 0) is 37.3 Å². The van der Waals surface area contributed by atoms with Gasteiger partial charge in [-0.25, -0.2) is 13.2 Å². The number of primary amides is 1. The van der Waals surface area contributed by atoms with Gasteiger partial charge in [0.05, 0.1) is 18.0 Å². The predicted molar refractivity (Wildman–Crippen MR) is 115 cm³/mol. The molecule has 2 aliphatic carbocycles. The summed E-state index contributed by atoms with van der Waals surface area (Å²) < 4.78 is 63.1. The molecule has 5 rings (SSSR count). The van der Waals surface area contributed by atoms with Gasteiger partial charge in [-0.15, -0.1) is 0 Å². The van der Waals surface area contributed by atoms with Crippen LogP contribution in [-0.4, -0.2) is 28.9 Å². The third-order valence-electron chi connectivity index (χ3n) is 7.48. The van der Waals surface area contributed by atoms with Crippen molar-refractivity contribution in [1.29, 1.82) is 0 Å². The van der Waals surface area contributed by atoms with Crippen LogP contribution >= 0.6 is 0 Å². The first-order valence-corrected chi connectivity index (χ1v) is 10.8. The SMILES string of the molecule is COc1c([C@H]2C[C@]3(CCC3(F)F)C[C@@H]2c2cc(=O)c3c(C(N)=O)nccc3[nH]2)ccc(F)c1F. The van der Waals surface area contributed by atoms with Crippen molar-refractivity contribution in [2.75, 3.05) is 7.11 Å². The van der Waals surface area contributed by atoms with E-state index in [0.717, 1.165) is 6.07 Å². The second kappa shape index (κ2) is 7.54. The van der Waals surface area contributed by atoms with Crippen molar-refractivity contribution in [3.8, 4) is 5.75 Å². The molecule has 2 aliphatic rings. The standard InChI is InChI=1S/C24H21F4N3O3/c1-34-21-11(2-3-14(25)19(21)26)12-9-23(5-6-24(23,27)28)10-13(12)16-8-17(32)18-15(31-16)4-7-30-20(18)22(29)33/h2-4,7-8,12-13H,5-6,9-10H2,1H3,(H2,29,33)(H,31,32)/t12-,13+,23-/m1/s1. The molecule has 0 radical (unpaired) electrons. The largest absolute Gasteiger partial charge is 0.493 e. The van der Waals surface area contributed by atoms with E-state index in [2.05, 4.69) is 9.97 Å². The monoisotopic (exact) mass is 475 g/mol. The molecule has 2 heterocycles. The molecule has 10 heteroatoms. The third-order valence-corrected chi connectivity index (χ3v) is 7.48. The Morgan fingerprint density at radius 1 is 1.18 bits per heavy atom. The van der Waals surface area contributed by atoms with Crippen molar-refractivity contribution in [3.05, 3.63) is 69.3 Å². The van der Waals surface area contributed by atoms with Crippen LogP contribution < -0.4 is 15.9 Å².